The molecule has 0 radical (unpaired) electrons. The SMILES string of the molecule is C=C/C=C(\C=C)C(=O)NC. The standard InChI is InChI=1S/C8H11NO/c1-4-6-7(5-2)8(10)9-3/h4-6H,1-2H2,3H3,(H,9,10)/b7-6+. The van der Waals surface area contributed by atoms with Gasteiger partial charge in [0.2, 0.25) is 0 Å². The first kappa shape index (κ1) is 8.69. The van der Waals surface area contributed by atoms with Crippen molar-refractivity contribution >= 4 is 5.91 Å². The molecule has 10 heavy (non-hydrogen) atoms. The largest absolute Gasteiger partial charge is 0.355 e. The second-order valence-electron chi connectivity index (χ2n) is 1.64. The lowest BCUT2D eigenvalue weighted by molar-refractivity contribution is -0.116. The van der Waals surface area contributed by atoms with E-state index in [1.165, 1.54) is 6.08 Å². The Kier molecular flexibility index (Phi) is 3.96. The minimum Gasteiger partial charge on any atom is -0.355 e. The molecule has 0 saturated heterocycles. The number of hydrogen-bond acceptors (Lipinski definition) is 1. The van der Waals surface area contributed by atoms with Crippen LogP contribution in [0.15, 0.2) is 37.0 Å². The van der Waals surface area contributed by atoms with E-state index in [9.17, 15) is 4.79 Å². The number of allylic oxidation sites excluding steroid dienone is 2. The van der Waals surface area contributed by atoms with Gasteiger partial charge in [0.15, 0.2) is 0 Å². The number of amides is 1. The van der Waals surface area contributed by atoms with Crippen LogP contribution in [0.1, 0.15) is 0 Å². The molecule has 0 aromatic carbocycles. The molecule has 0 aromatic heterocycles. The van der Waals surface area contributed by atoms with Gasteiger partial charge in [0, 0.05) is 12.6 Å². The topological polar surface area (TPSA) is 29.1 Å². The first-order chi connectivity index (χ1) is 4.76. The third-order valence-electron chi connectivity index (χ3n) is 1.01. The van der Waals surface area contributed by atoms with Gasteiger partial charge in [0.25, 0.3) is 5.91 Å². The molecule has 0 heterocycles. The minimum absolute atomic E-state index is 0.144. The Morgan fingerprint density at radius 3 is 2.40 bits per heavy atom. The molecule has 0 unspecified atom stereocenters. The third kappa shape index (κ3) is 2.31. The molecule has 0 rings (SSSR count). The summed E-state index contributed by atoms with van der Waals surface area (Å²) >= 11 is 0. The van der Waals surface area contributed by atoms with Crippen LogP contribution in [0.3, 0.4) is 0 Å². The van der Waals surface area contributed by atoms with Crippen molar-refractivity contribution in [1.82, 2.24) is 5.32 Å². The quantitative estimate of drug-likeness (QED) is 0.457. The van der Waals surface area contributed by atoms with Gasteiger partial charge in [0.05, 0.1) is 0 Å². The molecule has 0 atom stereocenters. The smallest absolute Gasteiger partial charge is 0.250 e. The van der Waals surface area contributed by atoms with Crippen LogP contribution < -0.4 is 5.32 Å². The van der Waals surface area contributed by atoms with Crippen molar-refractivity contribution in [3.05, 3.63) is 37.0 Å². The maximum absolute atomic E-state index is 10.8. The number of carbonyl (C=O) groups is 1. The molecule has 0 spiro atoms. The lowest BCUT2D eigenvalue weighted by atomic mass is 10.2. The molecule has 0 aliphatic heterocycles. The van der Waals surface area contributed by atoms with E-state index in [0.29, 0.717) is 5.57 Å². The van der Waals surface area contributed by atoms with Gasteiger partial charge >= 0.3 is 0 Å². The van der Waals surface area contributed by atoms with Gasteiger partial charge in [-0.3, -0.25) is 4.79 Å². The van der Waals surface area contributed by atoms with Crippen LogP contribution in [0, 0.1) is 0 Å². The van der Waals surface area contributed by atoms with Crippen LogP contribution in [0.4, 0.5) is 0 Å². The second-order valence-corrected chi connectivity index (χ2v) is 1.64. The molecule has 0 aliphatic carbocycles. The molecular formula is C8H11NO. The molecule has 1 N–H and O–H groups in total. The summed E-state index contributed by atoms with van der Waals surface area (Å²) in [6.07, 6.45) is 4.64. The van der Waals surface area contributed by atoms with Crippen molar-refractivity contribution in [2.24, 2.45) is 0 Å². The number of hydrogen-bond donors (Lipinski definition) is 1. The summed E-state index contributed by atoms with van der Waals surface area (Å²) in [6, 6.07) is 0. The molecule has 2 nitrogen and oxygen atoms in total. The maximum Gasteiger partial charge on any atom is 0.250 e. The van der Waals surface area contributed by atoms with Gasteiger partial charge < -0.3 is 5.32 Å². The summed E-state index contributed by atoms with van der Waals surface area (Å²) in [5, 5.41) is 2.47. The van der Waals surface area contributed by atoms with E-state index in [-0.39, 0.29) is 5.91 Å². The number of likely N-dealkylation sites (N-methyl/N-ethyl adjacent to an activating group) is 1. The van der Waals surface area contributed by atoms with Crippen LogP contribution in [-0.4, -0.2) is 13.0 Å². The van der Waals surface area contributed by atoms with Crippen molar-refractivity contribution in [3.8, 4) is 0 Å². The fourth-order valence-electron chi connectivity index (χ4n) is 0.508. The summed E-state index contributed by atoms with van der Waals surface area (Å²) in [6.45, 7) is 6.93. The normalized spacial score (nSPS) is 10.3. The second kappa shape index (κ2) is 4.56. The highest BCUT2D eigenvalue weighted by atomic mass is 16.1. The Hall–Kier alpha value is -1.31. The first-order valence-electron chi connectivity index (χ1n) is 2.93. The highest BCUT2D eigenvalue weighted by molar-refractivity contribution is 5.96. The molecule has 1 amide bonds. The lowest BCUT2D eigenvalue weighted by Crippen LogP contribution is -2.18. The van der Waals surface area contributed by atoms with E-state index in [0.717, 1.165) is 0 Å². The number of carbonyl (C=O) groups excluding carboxylic acids is 1. The molecule has 0 saturated carbocycles. The Balaban J connectivity index is 4.34. The van der Waals surface area contributed by atoms with Crippen LogP contribution in [0.25, 0.3) is 0 Å². The minimum atomic E-state index is -0.144. The molecule has 0 aromatic rings. The Bertz CT molecular complexity index is 180. The Morgan fingerprint density at radius 1 is 1.50 bits per heavy atom. The van der Waals surface area contributed by atoms with E-state index in [1.54, 1.807) is 19.2 Å². The van der Waals surface area contributed by atoms with Crippen molar-refractivity contribution in [2.45, 2.75) is 0 Å². The van der Waals surface area contributed by atoms with E-state index in [4.69, 9.17) is 0 Å². The van der Waals surface area contributed by atoms with E-state index >= 15 is 0 Å². The third-order valence-corrected chi connectivity index (χ3v) is 1.01. The molecule has 54 valence electrons. The highest BCUT2D eigenvalue weighted by Gasteiger charge is 1.98. The van der Waals surface area contributed by atoms with Crippen LogP contribution in [0.2, 0.25) is 0 Å². The predicted octanol–water partition coefficient (Wildman–Crippen LogP) is 1.03. The van der Waals surface area contributed by atoms with Crippen molar-refractivity contribution in [2.75, 3.05) is 7.05 Å². The molecule has 0 fully saturated rings. The van der Waals surface area contributed by atoms with Gasteiger partial charge in [-0.05, 0) is 0 Å². The van der Waals surface area contributed by atoms with Crippen LogP contribution in [0.5, 0.6) is 0 Å². The predicted molar refractivity (Wildman–Crippen MR) is 42.5 cm³/mol. The van der Waals surface area contributed by atoms with Gasteiger partial charge in [-0.25, -0.2) is 0 Å². The van der Waals surface area contributed by atoms with Crippen LogP contribution >= 0.6 is 0 Å². The van der Waals surface area contributed by atoms with Gasteiger partial charge in [-0.15, -0.1) is 0 Å². The lowest BCUT2D eigenvalue weighted by Gasteiger charge is -1.96. The molecule has 0 aliphatic rings. The van der Waals surface area contributed by atoms with Crippen molar-refractivity contribution in [3.63, 3.8) is 0 Å². The van der Waals surface area contributed by atoms with Crippen molar-refractivity contribution in [1.29, 1.82) is 0 Å². The van der Waals surface area contributed by atoms with Crippen molar-refractivity contribution < 1.29 is 4.79 Å². The average Bonchev–Trinajstić information content (AvgIpc) is 1.99. The summed E-state index contributed by atoms with van der Waals surface area (Å²) in [7, 11) is 1.57. The zero-order valence-electron chi connectivity index (χ0n) is 6.05. The number of rotatable bonds is 3. The zero-order chi connectivity index (χ0) is 7.98. The van der Waals surface area contributed by atoms with Gasteiger partial charge in [-0.2, -0.15) is 0 Å². The van der Waals surface area contributed by atoms with Crippen LogP contribution in [-0.2, 0) is 4.79 Å². The fraction of sp³-hybridized carbons (Fsp3) is 0.125. The maximum atomic E-state index is 10.8. The Labute approximate surface area is 60.9 Å². The average molecular weight is 137 g/mol. The summed E-state index contributed by atoms with van der Waals surface area (Å²) in [5.74, 6) is -0.144. The van der Waals surface area contributed by atoms with Gasteiger partial charge in [0.1, 0.15) is 0 Å². The summed E-state index contributed by atoms with van der Waals surface area (Å²) in [5.41, 5.74) is 0.525. The first-order valence-corrected chi connectivity index (χ1v) is 2.93. The summed E-state index contributed by atoms with van der Waals surface area (Å²) < 4.78 is 0. The number of nitrogens with one attached hydrogen (secondary N) is 1. The fourth-order valence-corrected chi connectivity index (χ4v) is 0.508. The monoisotopic (exact) mass is 137 g/mol. The Morgan fingerprint density at radius 2 is 2.10 bits per heavy atom. The van der Waals surface area contributed by atoms with E-state index < -0.39 is 0 Å². The highest BCUT2D eigenvalue weighted by Crippen LogP contribution is 1.94. The zero-order valence-corrected chi connectivity index (χ0v) is 6.05. The molecule has 2 heteroatoms. The van der Waals surface area contributed by atoms with E-state index in [2.05, 4.69) is 18.5 Å². The van der Waals surface area contributed by atoms with E-state index in [1.807, 2.05) is 0 Å². The summed E-state index contributed by atoms with van der Waals surface area (Å²) in [4.78, 5) is 10.8. The molecular weight excluding hydrogens is 126 g/mol. The molecule has 0 bridgehead atoms. The van der Waals surface area contributed by atoms with Gasteiger partial charge in [-0.1, -0.05) is 31.4 Å².